The molecule has 0 spiro atoms. The van der Waals surface area contributed by atoms with Crippen LogP contribution in [-0.2, 0) is 0 Å². The van der Waals surface area contributed by atoms with E-state index in [1.807, 2.05) is 24.3 Å². The maximum Gasteiger partial charge on any atom is 0.274 e. The van der Waals surface area contributed by atoms with Gasteiger partial charge in [0.25, 0.3) is 5.56 Å². The fourth-order valence-corrected chi connectivity index (χ4v) is 4.20. The number of benzene rings is 2. The van der Waals surface area contributed by atoms with E-state index >= 15 is 0 Å². The average molecular weight is 443 g/mol. The normalized spacial score (nSPS) is 11.9. The van der Waals surface area contributed by atoms with Gasteiger partial charge in [-0.3, -0.25) is 9.20 Å². The van der Waals surface area contributed by atoms with E-state index in [0.717, 1.165) is 17.7 Å². The number of phenolic OH excluding ortho intramolecular Hbond substituents is 1. The van der Waals surface area contributed by atoms with Gasteiger partial charge in [0.2, 0.25) is 0 Å². The number of thiazole rings is 1. The molecule has 154 valence electrons. The van der Waals surface area contributed by atoms with Crippen molar-refractivity contribution in [1.29, 1.82) is 0 Å². The second-order valence-corrected chi connectivity index (χ2v) is 8.04. The first-order chi connectivity index (χ1) is 14.5. The summed E-state index contributed by atoms with van der Waals surface area (Å²) in [5, 5.41) is 10.0. The van der Waals surface area contributed by atoms with Crippen LogP contribution in [0.5, 0.6) is 17.2 Å². The van der Waals surface area contributed by atoms with E-state index in [9.17, 15) is 9.90 Å². The summed E-state index contributed by atoms with van der Waals surface area (Å²) in [5.74, 6) is 0.893. The molecule has 2 heterocycles. The molecular weight excluding hydrogens is 424 g/mol. The van der Waals surface area contributed by atoms with Crippen molar-refractivity contribution < 1.29 is 14.6 Å². The summed E-state index contributed by atoms with van der Waals surface area (Å²) >= 11 is 7.32. The third kappa shape index (κ3) is 3.86. The lowest BCUT2D eigenvalue weighted by molar-refractivity contribution is 0.317. The van der Waals surface area contributed by atoms with Crippen molar-refractivity contribution in [2.45, 2.75) is 13.3 Å². The highest BCUT2D eigenvalue weighted by Gasteiger charge is 2.12. The smallest absolute Gasteiger partial charge is 0.274 e. The Balaban J connectivity index is 1.72. The van der Waals surface area contributed by atoms with E-state index in [1.165, 1.54) is 22.8 Å². The Bertz CT molecular complexity index is 1330. The molecule has 0 atom stereocenters. The van der Waals surface area contributed by atoms with Crippen LogP contribution in [0.25, 0.3) is 22.3 Å². The van der Waals surface area contributed by atoms with Crippen molar-refractivity contribution in [3.63, 3.8) is 0 Å². The predicted octanol–water partition coefficient (Wildman–Crippen LogP) is 4.13. The van der Waals surface area contributed by atoms with Crippen molar-refractivity contribution in [2.75, 3.05) is 13.7 Å². The number of ether oxygens (including phenoxy) is 2. The second kappa shape index (κ2) is 8.38. The van der Waals surface area contributed by atoms with Crippen molar-refractivity contribution in [3.8, 4) is 28.5 Å². The van der Waals surface area contributed by atoms with Gasteiger partial charge in [0.1, 0.15) is 5.75 Å². The standard InChI is InChI=1S/C22H19ClN2O4S/c1-3-7-29-15-6-4-5-14(11-15)17-12-25-21(27)19(30-22(25)24-17)10-13-8-16(23)20(26)18(9-13)28-2/h4-6,8-12,26H,3,7H2,1-2H3. The molecule has 4 aromatic rings. The van der Waals surface area contributed by atoms with Crippen molar-refractivity contribution in [2.24, 2.45) is 0 Å². The Morgan fingerprint density at radius 2 is 2.13 bits per heavy atom. The minimum atomic E-state index is -0.171. The molecule has 2 aromatic carbocycles. The van der Waals surface area contributed by atoms with Crippen LogP contribution in [0.3, 0.4) is 0 Å². The minimum absolute atomic E-state index is 0.130. The van der Waals surface area contributed by atoms with Gasteiger partial charge in [-0.1, -0.05) is 42.0 Å². The number of aromatic nitrogens is 2. The highest BCUT2D eigenvalue weighted by Crippen LogP contribution is 2.35. The zero-order valence-corrected chi connectivity index (χ0v) is 18.0. The molecule has 2 aromatic heterocycles. The molecule has 0 aliphatic rings. The summed E-state index contributed by atoms with van der Waals surface area (Å²) in [6.07, 6.45) is 4.37. The molecule has 0 saturated heterocycles. The van der Waals surface area contributed by atoms with E-state index in [2.05, 4.69) is 11.9 Å². The van der Waals surface area contributed by atoms with Gasteiger partial charge < -0.3 is 14.6 Å². The molecule has 0 amide bonds. The fourth-order valence-electron chi connectivity index (χ4n) is 3.02. The monoisotopic (exact) mass is 442 g/mol. The van der Waals surface area contributed by atoms with Gasteiger partial charge >= 0.3 is 0 Å². The third-order valence-corrected chi connectivity index (χ3v) is 5.75. The van der Waals surface area contributed by atoms with E-state index < -0.39 is 0 Å². The largest absolute Gasteiger partial charge is 0.503 e. The summed E-state index contributed by atoms with van der Waals surface area (Å²) in [7, 11) is 1.44. The molecule has 0 bridgehead atoms. The Morgan fingerprint density at radius 1 is 1.30 bits per heavy atom. The zero-order valence-electron chi connectivity index (χ0n) is 16.4. The van der Waals surface area contributed by atoms with E-state index in [0.29, 0.717) is 27.4 Å². The van der Waals surface area contributed by atoms with Crippen LogP contribution in [0.1, 0.15) is 18.9 Å². The first-order valence-corrected chi connectivity index (χ1v) is 10.5. The number of aromatic hydroxyl groups is 1. The van der Waals surface area contributed by atoms with Crippen LogP contribution in [-0.4, -0.2) is 28.2 Å². The number of imidazole rings is 1. The van der Waals surface area contributed by atoms with Gasteiger partial charge in [0, 0.05) is 11.8 Å². The summed E-state index contributed by atoms with van der Waals surface area (Å²) in [6.45, 7) is 2.71. The number of hydrogen-bond donors (Lipinski definition) is 1. The van der Waals surface area contributed by atoms with Gasteiger partial charge in [-0.25, -0.2) is 4.98 Å². The van der Waals surface area contributed by atoms with E-state index in [-0.39, 0.29) is 22.1 Å². The van der Waals surface area contributed by atoms with Gasteiger partial charge in [-0.2, -0.15) is 0 Å². The molecule has 0 radical (unpaired) electrons. The van der Waals surface area contributed by atoms with Crippen LogP contribution < -0.4 is 19.6 Å². The SMILES string of the molecule is CCCOc1cccc(-c2cn3c(=O)c(=Cc4cc(Cl)c(O)c(OC)c4)sc3n2)c1. The fraction of sp³-hybridized carbons (Fsp3) is 0.182. The Morgan fingerprint density at radius 3 is 2.87 bits per heavy atom. The Hall–Kier alpha value is -3.03. The lowest BCUT2D eigenvalue weighted by atomic mass is 10.1. The zero-order chi connectivity index (χ0) is 21.3. The Kier molecular flexibility index (Phi) is 5.65. The summed E-state index contributed by atoms with van der Waals surface area (Å²) in [4.78, 5) is 18.1. The summed E-state index contributed by atoms with van der Waals surface area (Å²) < 4.78 is 12.8. The maximum atomic E-state index is 12.9. The van der Waals surface area contributed by atoms with E-state index in [1.54, 1.807) is 24.4 Å². The number of rotatable bonds is 6. The molecule has 0 saturated carbocycles. The van der Waals surface area contributed by atoms with Gasteiger partial charge in [-0.15, -0.1) is 0 Å². The molecule has 0 aliphatic heterocycles. The maximum absolute atomic E-state index is 12.9. The highest BCUT2D eigenvalue weighted by atomic mass is 35.5. The van der Waals surface area contributed by atoms with Gasteiger partial charge in [0.05, 0.1) is 29.0 Å². The summed E-state index contributed by atoms with van der Waals surface area (Å²) in [5.41, 5.74) is 2.08. The molecular formula is C22H19ClN2O4S. The summed E-state index contributed by atoms with van der Waals surface area (Å²) in [6, 6.07) is 10.9. The van der Waals surface area contributed by atoms with Crippen LogP contribution in [0.2, 0.25) is 5.02 Å². The highest BCUT2D eigenvalue weighted by molar-refractivity contribution is 7.15. The molecule has 0 unspecified atom stereocenters. The third-order valence-electron chi connectivity index (χ3n) is 4.48. The number of methoxy groups -OCH3 is 1. The molecule has 0 aliphatic carbocycles. The lowest BCUT2D eigenvalue weighted by Gasteiger charge is -2.05. The van der Waals surface area contributed by atoms with Crippen molar-refractivity contribution in [3.05, 3.63) is 68.1 Å². The molecule has 1 N–H and O–H groups in total. The second-order valence-electron chi connectivity index (χ2n) is 6.62. The number of halogens is 1. The predicted molar refractivity (Wildman–Crippen MR) is 119 cm³/mol. The topological polar surface area (TPSA) is 73.1 Å². The first kappa shape index (κ1) is 20.3. The van der Waals surface area contributed by atoms with Crippen molar-refractivity contribution in [1.82, 2.24) is 9.38 Å². The molecule has 4 rings (SSSR count). The Labute approximate surface area is 181 Å². The average Bonchev–Trinajstić information content (AvgIpc) is 3.29. The molecule has 8 heteroatoms. The van der Waals surface area contributed by atoms with Crippen LogP contribution in [0, 0.1) is 0 Å². The number of fused-ring (bicyclic) bond motifs is 1. The van der Waals surface area contributed by atoms with Gasteiger partial charge in [-0.05, 0) is 42.3 Å². The molecule has 0 fully saturated rings. The van der Waals surface area contributed by atoms with Crippen LogP contribution >= 0.6 is 22.9 Å². The first-order valence-electron chi connectivity index (χ1n) is 9.33. The van der Waals surface area contributed by atoms with Crippen LogP contribution in [0.4, 0.5) is 0 Å². The molecule has 6 nitrogen and oxygen atoms in total. The lowest BCUT2D eigenvalue weighted by Crippen LogP contribution is -2.22. The van der Waals surface area contributed by atoms with Gasteiger partial charge in [0.15, 0.2) is 16.5 Å². The quantitative estimate of drug-likeness (QED) is 0.486. The van der Waals surface area contributed by atoms with E-state index in [4.69, 9.17) is 21.1 Å². The van der Waals surface area contributed by atoms with Crippen LogP contribution in [0.15, 0.2) is 47.4 Å². The minimum Gasteiger partial charge on any atom is -0.503 e. The number of phenols is 1. The van der Waals surface area contributed by atoms with Crippen molar-refractivity contribution >= 4 is 34.0 Å². The molecule has 30 heavy (non-hydrogen) atoms. The number of hydrogen-bond acceptors (Lipinski definition) is 6. The number of nitrogens with zero attached hydrogens (tertiary/aromatic N) is 2.